The number of nitrogens with zero attached hydrogens (tertiary/aromatic N) is 5. The van der Waals surface area contributed by atoms with Gasteiger partial charge in [-0.05, 0) is 56.8 Å². The van der Waals surface area contributed by atoms with Crippen LogP contribution in [0.2, 0.25) is 0 Å². The summed E-state index contributed by atoms with van der Waals surface area (Å²) >= 11 is 0. The number of piperazine rings is 1. The average molecular weight is 390 g/mol. The fourth-order valence-electron chi connectivity index (χ4n) is 4.12. The fourth-order valence-corrected chi connectivity index (χ4v) is 4.12. The van der Waals surface area contributed by atoms with E-state index in [0.29, 0.717) is 0 Å². The monoisotopic (exact) mass is 389 g/mol. The van der Waals surface area contributed by atoms with Gasteiger partial charge in [0.25, 0.3) is 0 Å². The third-order valence-electron chi connectivity index (χ3n) is 5.96. The Labute approximate surface area is 174 Å². The number of para-hydroxylation sites is 1. The van der Waals surface area contributed by atoms with Gasteiger partial charge >= 0.3 is 0 Å². The van der Waals surface area contributed by atoms with Crippen molar-refractivity contribution in [3.8, 4) is 11.4 Å². The van der Waals surface area contributed by atoms with Gasteiger partial charge in [-0.25, -0.2) is 9.97 Å². The van der Waals surface area contributed by atoms with Crippen molar-refractivity contribution in [2.75, 3.05) is 55.6 Å². The lowest BCUT2D eigenvalue weighted by Gasteiger charge is -2.35. The van der Waals surface area contributed by atoms with Gasteiger partial charge in [0, 0.05) is 55.9 Å². The van der Waals surface area contributed by atoms with Crippen LogP contribution in [0.3, 0.4) is 0 Å². The summed E-state index contributed by atoms with van der Waals surface area (Å²) in [6.07, 6.45) is 0. The second kappa shape index (κ2) is 8.78. The maximum absolute atomic E-state index is 5.04. The van der Waals surface area contributed by atoms with Crippen molar-refractivity contribution in [1.82, 2.24) is 14.9 Å². The molecule has 152 valence electrons. The second-order valence-corrected chi connectivity index (χ2v) is 7.53. The first-order valence-electron chi connectivity index (χ1n) is 10.8. The number of fused-ring (bicyclic) bond motifs is 1. The summed E-state index contributed by atoms with van der Waals surface area (Å²) in [6, 6.07) is 17.0. The lowest BCUT2D eigenvalue weighted by atomic mass is 10.1. The molecule has 0 N–H and O–H groups in total. The standard InChI is InChI=1S/C24H31N5/c1-4-27-15-17-29(18-16-27)24-21-9-7-8-10-22(21)25-23(26-24)19-11-13-20(14-12-19)28(5-2)6-3/h7-14H,4-6,15-18H2,1-3H3. The molecule has 4 rings (SSSR count). The molecular weight excluding hydrogens is 358 g/mol. The van der Waals surface area contributed by atoms with Gasteiger partial charge in [-0.2, -0.15) is 0 Å². The van der Waals surface area contributed by atoms with Gasteiger partial charge in [-0.15, -0.1) is 0 Å². The molecule has 2 aromatic carbocycles. The van der Waals surface area contributed by atoms with Crippen LogP contribution in [-0.2, 0) is 0 Å². The van der Waals surface area contributed by atoms with Crippen molar-refractivity contribution >= 4 is 22.4 Å². The molecule has 2 heterocycles. The number of anilines is 2. The summed E-state index contributed by atoms with van der Waals surface area (Å²) < 4.78 is 0. The van der Waals surface area contributed by atoms with E-state index in [1.165, 1.54) is 5.69 Å². The van der Waals surface area contributed by atoms with Crippen molar-refractivity contribution in [3.05, 3.63) is 48.5 Å². The fraction of sp³-hybridized carbons (Fsp3) is 0.417. The van der Waals surface area contributed by atoms with Crippen molar-refractivity contribution < 1.29 is 0 Å². The van der Waals surface area contributed by atoms with Crippen LogP contribution in [0.25, 0.3) is 22.3 Å². The van der Waals surface area contributed by atoms with Gasteiger partial charge in [0.1, 0.15) is 5.82 Å². The van der Waals surface area contributed by atoms with Crippen molar-refractivity contribution in [3.63, 3.8) is 0 Å². The molecule has 3 aromatic rings. The van der Waals surface area contributed by atoms with Gasteiger partial charge in [-0.1, -0.05) is 19.1 Å². The highest BCUT2D eigenvalue weighted by atomic mass is 15.3. The molecule has 0 atom stereocenters. The first-order chi connectivity index (χ1) is 14.2. The van der Waals surface area contributed by atoms with E-state index < -0.39 is 0 Å². The molecule has 1 aliphatic heterocycles. The summed E-state index contributed by atoms with van der Waals surface area (Å²) in [4.78, 5) is 17.2. The van der Waals surface area contributed by atoms with E-state index in [1.807, 2.05) is 0 Å². The Morgan fingerprint density at radius 1 is 0.828 bits per heavy atom. The maximum Gasteiger partial charge on any atom is 0.162 e. The Hall–Kier alpha value is -2.66. The van der Waals surface area contributed by atoms with Crippen LogP contribution in [0, 0.1) is 0 Å². The Morgan fingerprint density at radius 3 is 2.17 bits per heavy atom. The molecule has 1 saturated heterocycles. The molecule has 1 fully saturated rings. The number of aromatic nitrogens is 2. The molecule has 0 amide bonds. The highest BCUT2D eigenvalue weighted by molar-refractivity contribution is 5.91. The topological polar surface area (TPSA) is 35.5 Å². The number of hydrogen-bond donors (Lipinski definition) is 0. The second-order valence-electron chi connectivity index (χ2n) is 7.53. The van der Waals surface area contributed by atoms with Crippen molar-refractivity contribution in [2.24, 2.45) is 0 Å². The SMILES string of the molecule is CCN1CCN(c2nc(-c3ccc(N(CC)CC)cc3)nc3ccccc23)CC1. The molecule has 1 aliphatic rings. The van der Waals surface area contributed by atoms with Crippen LogP contribution >= 0.6 is 0 Å². The average Bonchev–Trinajstić information content (AvgIpc) is 2.80. The molecule has 0 unspecified atom stereocenters. The van der Waals surface area contributed by atoms with Gasteiger partial charge in [0.05, 0.1) is 5.52 Å². The molecule has 5 heteroatoms. The number of rotatable bonds is 6. The molecule has 0 aliphatic carbocycles. The van der Waals surface area contributed by atoms with E-state index >= 15 is 0 Å². The van der Waals surface area contributed by atoms with E-state index in [-0.39, 0.29) is 0 Å². The minimum absolute atomic E-state index is 0.808. The van der Waals surface area contributed by atoms with E-state index in [9.17, 15) is 0 Å². The van der Waals surface area contributed by atoms with Crippen LogP contribution in [0.1, 0.15) is 20.8 Å². The van der Waals surface area contributed by atoms with Crippen LogP contribution in [0.15, 0.2) is 48.5 Å². The zero-order valence-electron chi connectivity index (χ0n) is 17.8. The smallest absolute Gasteiger partial charge is 0.162 e. The maximum atomic E-state index is 5.04. The highest BCUT2D eigenvalue weighted by Gasteiger charge is 2.20. The summed E-state index contributed by atoms with van der Waals surface area (Å²) in [7, 11) is 0. The first-order valence-corrected chi connectivity index (χ1v) is 10.8. The normalized spacial score (nSPS) is 15.1. The van der Waals surface area contributed by atoms with Gasteiger partial charge < -0.3 is 14.7 Å². The Balaban J connectivity index is 1.70. The van der Waals surface area contributed by atoms with E-state index in [1.54, 1.807) is 0 Å². The summed E-state index contributed by atoms with van der Waals surface area (Å²) in [5.74, 6) is 1.87. The summed E-state index contributed by atoms with van der Waals surface area (Å²) in [5.41, 5.74) is 3.33. The summed E-state index contributed by atoms with van der Waals surface area (Å²) in [6.45, 7) is 13.9. The van der Waals surface area contributed by atoms with Crippen molar-refractivity contribution in [1.29, 1.82) is 0 Å². The Bertz CT molecular complexity index is 941. The van der Waals surface area contributed by atoms with Gasteiger partial charge in [0.2, 0.25) is 0 Å². The molecule has 1 aromatic heterocycles. The summed E-state index contributed by atoms with van der Waals surface area (Å²) in [5, 5.41) is 1.14. The van der Waals surface area contributed by atoms with Gasteiger partial charge in [-0.3, -0.25) is 0 Å². The quantitative estimate of drug-likeness (QED) is 0.629. The van der Waals surface area contributed by atoms with E-state index in [4.69, 9.17) is 9.97 Å². The molecule has 0 radical (unpaired) electrons. The highest BCUT2D eigenvalue weighted by Crippen LogP contribution is 2.29. The third kappa shape index (κ3) is 4.06. The third-order valence-corrected chi connectivity index (χ3v) is 5.96. The van der Waals surface area contributed by atoms with E-state index in [2.05, 4.69) is 84.0 Å². The molecule has 0 saturated carbocycles. The van der Waals surface area contributed by atoms with Crippen LogP contribution in [-0.4, -0.2) is 60.7 Å². The molecule has 0 bridgehead atoms. The Kier molecular flexibility index (Phi) is 5.95. The minimum atomic E-state index is 0.808. The molecule has 29 heavy (non-hydrogen) atoms. The number of hydrogen-bond acceptors (Lipinski definition) is 5. The molecular formula is C24H31N5. The number of likely N-dealkylation sites (N-methyl/N-ethyl adjacent to an activating group) is 1. The zero-order valence-corrected chi connectivity index (χ0v) is 17.8. The van der Waals surface area contributed by atoms with Crippen LogP contribution in [0.5, 0.6) is 0 Å². The largest absolute Gasteiger partial charge is 0.372 e. The Morgan fingerprint density at radius 2 is 1.52 bits per heavy atom. The first kappa shape index (κ1) is 19.6. The number of benzene rings is 2. The predicted molar refractivity (Wildman–Crippen MR) is 123 cm³/mol. The molecule has 0 spiro atoms. The van der Waals surface area contributed by atoms with Crippen LogP contribution in [0.4, 0.5) is 11.5 Å². The van der Waals surface area contributed by atoms with Crippen molar-refractivity contribution in [2.45, 2.75) is 20.8 Å². The van der Waals surface area contributed by atoms with Gasteiger partial charge in [0.15, 0.2) is 5.82 Å². The molecule has 5 nitrogen and oxygen atoms in total. The zero-order chi connectivity index (χ0) is 20.2. The lowest BCUT2D eigenvalue weighted by Crippen LogP contribution is -2.46. The van der Waals surface area contributed by atoms with E-state index in [0.717, 1.165) is 73.9 Å². The lowest BCUT2D eigenvalue weighted by molar-refractivity contribution is 0.271. The van der Waals surface area contributed by atoms with Crippen LogP contribution < -0.4 is 9.80 Å². The predicted octanol–water partition coefficient (Wildman–Crippen LogP) is 4.28. The minimum Gasteiger partial charge on any atom is -0.372 e.